The van der Waals surface area contributed by atoms with Gasteiger partial charge in [0.05, 0.1) is 13.7 Å². The first-order valence-corrected chi connectivity index (χ1v) is 8.03. The molecule has 24 heavy (non-hydrogen) atoms. The van der Waals surface area contributed by atoms with Gasteiger partial charge >= 0.3 is 0 Å². The first-order valence-electron chi connectivity index (χ1n) is 8.03. The van der Waals surface area contributed by atoms with Crippen LogP contribution in [0.25, 0.3) is 0 Å². The van der Waals surface area contributed by atoms with Crippen molar-refractivity contribution < 1.29 is 9.47 Å². The maximum Gasteiger partial charge on any atom is 0.187 e. The van der Waals surface area contributed by atoms with Gasteiger partial charge in [-0.15, -0.1) is 0 Å². The van der Waals surface area contributed by atoms with Gasteiger partial charge < -0.3 is 14.4 Å². The van der Waals surface area contributed by atoms with Gasteiger partial charge in [0.2, 0.25) is 0 Å². The van der Waals surface area contributed by atoms with Gasteiger partial charge in [-0.05, 0) is 24.6 Å². The maximum absolute atomic E-state index is 5.98. The Bertz CT molecular complexity index is 828. The summed E-state index contributed by atoms with van der Waals surface area (Å²) >= 11 is 0. The zero-order valence-corrected chi connectivity index (χ0v) is 13.8. The lowest BCUT2D eigenvalue weighted by Gasteiger charge is -2.27. The van der Waals surface area contributed by atoms with Gasteiger partial charge in [-0.2, -0.15) is 0 Å². The molecule has 0 atom stereocenters. The van der Waals surface area contributed by atoms with E-state index in [0.29, 0.717) is 18.1 Å². The van der Waals surface area contributed by atoms with Crippen molar-refractivity contribution in [3.63, 3.8) is 0 Å². The highest BCUT2D eigenvalue weighted by molar-refractivity contribution is 6.16. The Morgan fingerprint density at radius 3 is 2.75 bits per heavy atom. The summed E-state index contributed by atoms with van der Waals surface area (Å²) < 4.78 is 11.6. The van der Waals surface area contributed by atoms with Gasteiger partial charge in [-0.1, -0.05) is 30.3 Å². The van der Waals surface area contributed by atoms with Crippen molar-refractivity contribution in [2.24, 2.45) is 9.98 Å². The Labute approximate surface area is 141 Å². The molecule has 0 bridgehead atoms. The molecule has 0 aliphatic carbocycles. The maximum atomic E-state index is 5.98. The summed E-state index contributed by atoms with van der Waals surface area (Å²) in [6, 6.07) is 14.0. The largest absolute Gasteiger partial charge is 0.491 e. The molecule has 0 spiro atoms. The summed E-state index contributed by atoms with van der Waals surface area (Å²) in [6.45, 7) is 4.18. The number of hydrogen-bond acceptors (Lipinski definition) is 5. The number of ether oxygens (including phenoxy) is 2. The third kappa shape index (κ3) is 2.42. The smallest absolute Gasteiger partial charge is 0.187 e. The molecule has 0 fully saturated rings. The summed E-state index contributed by atoms with van der Waals surface area (Å²) in [5.41, 5.74) is 2.92. The predicted molar refractivity (Wildman–Crippen MR) is 94.6 cm³/mol. The van der Waals surface area contributed by atoms with E-state index in [1.807, 2.05) is 49.4 Å². The molecule has 0 saturated carbocycles. The molecular weight excluding hydrogens is 302 g/mol. The fourth-order valence-electron chi connectivity index (χ4n) is 3.11. The number of aliphatic imine (C=N–C) groups is 2. The van der Waals surface area contributed by atoms with Gasteiger partial charge in [0.1, 0.15) is 24.0 Å². The van der Waals surface area contributed by atoms with E-state index in [-0.39, 0.29) is 0 Å². The molecule has 0 aromatic heterocycles. The number of amidine groups is 2. The average molecular weight is 321 g/mol. The third-order valence-corrected chi connectivity index (χ3v) is 4.28. The van der Waals surface area contributed by atoms with Gasteiger partial charge in [-0.3, -0.25) is 4.99 Å². The predicted octanol–water partition coefficient (Wildman–Crippen LogP) is 3.40. The van der Waals surface area contributed by atoms with E-state index < -0.39 is 0 Å². The molecule has 2 aliphatic rings. The molecule has 2 heterocycles. The van der Waals surface area contributed by atoms with E-state index in [9.17, 15) is 0 Å². The number of methoxy groups -OCH3 is 1. The molecule has 2 aromatic carbocycles. The molecule has 5 nitrogen and oxygen atoms in total. The zero-order chi connectivity index (χ0) is 16.5. The van der Waals surface area contributed by atoms with Crippen molar-refractivity contribution in [1.29, 1.82) is 0 Å². The lowest BCUT2D eigenvalue weighted by molar-refractivity contribution is 0.285. The number of rotatable bonds is 4. The van der Waals surface area contributed by atoms with E-state index in [1.165, 1.54) is 0 Å². The van der Waals surface area contributed by atoms with E-state index in [2.05, 4.69) is 9.89 Å². The van der Waals surface area contributed by atoms with Crippen LogP contribution in [0, 0.1) is 0 Å². The Hall–Kier alpha value is -2.82. The van der Waals surface area contributed by atoms with Crippen LogP contribution in [-0.4, -0.2) is 36.8 Å². The number of nitrogens with zero attached hydrogens (tertiary/aromatic N) is 3. The Morgan fingerprint density at radius 2 is 1.96 bits per heavy atom. The summed E-state index contributed by atoms with van der Waals surface area (Å²) in [6.07, 6.45) is 0. The second kappa shape index (κ2) is 6.00. The summed E-state index contributed by atoms with van der Waals surface area (Å²) in [4.78, 5) is 11.5. The molecule has 0 N–H and O–H groups in total. The van der Waals surface area contributed by atoms with Gasteiger partial charge in [0.15, 0.2) is 11.5 Å². The lowest BCUT2D eigenvalue weighted by atomic mass is 10.1. The number of fused-ring (bicyclic) bond motifs is 3. The Balaban J connectivity index is 1.70. The molecule has 4 rings (SSSR count). The molecule has 0 amide bonds. The van der Waals surface area contributed by atoms with Crippen LogP contribution >= 0.6 is 0 Å². The Kier molecular flexibility index (Phi) is 3.69. The molecule has 0 radical (unpaired) electrons. The highest BCUT2D eigenvalue weighted by Gasteiger charge is 2.30. The third-order valence-electron chi connectivity index (χ3n) is 4.28. The Morgan fingerprint density at radius 1 is 1.12 bits per heavy atom. The molecule has 122 valence electrons. The highest BCUT2D eigenvalue weighted by Crippen LogP contribution is 2.43. The summed E-state index contributed by atoms with van der Waals surface area (Å²) in [5.74, 6) is 3.28. The average Bonchev–Trinajstić information content (AvgIpc) is 3.11. The van der Waals surface area contributed by atoms with Gasteiger partial charge in [0, 0.05) is 12.1 Å². The van der Waals surface area contributed by atoms with Gasteiger partial charge in [0.25, 0.3) is 0 Å². The highest BCUT2D eigenvalue weighted by atomic mass is 16.5. The summed E-state index contributed by atoms with van der Waals surface area (Å²) in [7, 11) is 1.65. The fourth-order valence-corrected chi connectivity index (χ4v) is 3.11. The van der Waals surface area contributed by atoms with Crippen LogP contribution in [0.1, 0.15) is 18.1 Å². The fraction of sp³-hybridized carbons (Fsp3) is 0.263. The van der Waals surface area contributed by atoms with Crippen molar-refractivity contribution in [2.45, 2.75) is 13.5 Å². The van der Waals surface area contributed by atoms with Crippen molar-refractivity contribution in [3.05, 3.63) is 53.6 Å². The number of hydrogen-bond donors (Lipinski definition) is 0. The van der Waals surface area contributed by atoms with Crippen LogP contribution in [0.15, 0.2) is 52.4 Å². The van der Waals surface area contributed by atoms with Crippen LogP contribution < -0.4 is 9.47 Å². The monoisotopic (exact) mass is 321 g/mol. The molecular formula is C19H19N3O2. The second-order valence-electron chi connectivity index (χ2n) is 5.78. The van der Waals surface area contributed by atoms with E-state index >= 15 is 0 Å². The first-order chi connectivity index (χ1) is 11.8. The van der Waals surface area contributed by atoms with Crippen molar-refractivity contribution in [3.8, 4) is 11.5 Å². The molecule has 2 aliphatic heterocycles. The zero-order valence-electron chi connectivity index (χ0n) is 13.8. The van der Waals surface area contributed by atoms with Crippen LogP contribution in [0.5, 0.6) is 11.5 Å². The van der Waals surface area contributed by atoms with Crippen molar-refractivity contribution in [2.75, 3.05) is 20.2 Å². The minimum atomic E-state index is 0.492. The van der Waals surface area contributed by atoms with Crippen LogP contribution in [-0.2, 0) is 6.61 Å². The van der Waals surface area contributed by atoms with E-state index in [1.54, 1.807) is 7.11 Å². The summed E-state index contributed by atoms with van der Waals surface area (Å²) in [5, 5.41) is 0. The minimum Gasteiger partial charge on any atom is -0.491 e. The van der Waals surface area contributed by atoms with Gasteiger partial charge in [-0.25, -0.2) is 4.99 Å². The van der Waals surface area contributed by atoms with Crippen LogP contribution in [0.2, 0.25) is 0 Å². The molecule has 5 heteroatoms. The molecule has 0 saturated heterocycles. The van der Waals surface area contributed by atoms with Crippen molar-refractivity contribution >= 4 is 17.4 Å². The first kappa shape index (κ1) is 14.8. The minimum absolute atomic E-state index is 0.492. The lowest BCUT2D eigenvalue weighted by Crippen LogP contribution is -2.35. The SMILES string of the molecule is COc1c(OCc2ccccc2)ccc2c1N=C(C)N1CCN=C21. The van der Waals surface area contributed by atoms with Crippen LogP contribution in [0.3, 0.4) is 0 Å². The van der Waals surface area contributed by atoms with Crippen molar-refractivity contribution in [1.82, 2.24) is 4.90 Å². The quantitative estimate of drug-likeness (QED) is 0.867. The van der Waals surface area contributed by atoms with E-state index in [4.69, 9.17) is 14.5 Å². The normalized spacial score (nSPS) is 15.3. The molecule has 0 unspecified atom stereocenters. The van der Waals surface area contributed by atoms with Crippen LogP contribution in [0.4, 0.5) is 5.69 Å². The number of benzene rings is 2. The second-order valence-corrected chi connectivity index (χ2v) is 5.78. The standard InChI is InChI=1S/C19H19N3O2/c1-13-21-17-15(19-20-10-11-22(13)19)8-9-16(18(17)23-2)24-12-14-6-4-3-5-7-14/h3-9H,10-12H2,1-2H3. The van der Waals surface area contributed by atoms with E-state index in [0.717, 1.165) is 41.6 Å². The topological polar surface area (TPSA) is 46.4 Å². The molecule has 2 aromatic rings.